The van der Waals surface area contributed by atoms with Crippen molar-refractivity contribution in [2.45, 2.75) is 45.6 Å². The molecule has 0 heterocycles. The fraction of sp³-hybridized carbons (Fsp3) is 0.276. The molecule has 3 rings (SSSR count). The van der Waals surface area contributed by atoms with Crippen molar-refractivity contribution in [3.63, 3.8) is 0 Å². The van der Waals surface area contributed by atoms with Crippen LogP contribution < -0.4 is 21.1 Å². The molecule has 0 fully saturated rings. The Hall–Kier alpha value is -4.33. The quantitative estimate of drug-likeness (QED) is 0.348. The zero-order valence-electron chi connectivity index (χ0n) is 21.1. The van der Waals surface area contributed by atoms with Gasteiger partial charge in [0.25, 0.3) is 0 Å². The van der Waals surface area contributed by atoms with Crippen LogP contribution in [0.1, 0.15) is 30.5 Å². The summed E-state index contributed by atoms with van der Waals surface area (Å²) in [6, 6.07) is 24.4. The Morgan fingerprint density at radius 3 is 1.86 bits per heavy atom. The largest absolute Gasteiger partial charge is 0.489 e. The molecule has 0 aromatic heterocycles. The number of alkyl carbamates (subject to hydrolysis) is 1. The van der Waals surface area contributed by atoms with Crippen LogP contribution in [0.25, 0.3) is 0 Å². The van der Waals surface area contributed by atoms with Crippen LogP contribution in [0.2, 0.25) is 0 Å². The van der Waals surface area contributed by atoms with Crippen LogP contribution in [0, 0.1) is 5.92 Å². The zero-order chi connectivity index (χ0) is 26.6. The van der Waals surface area contributed by atoms with Crippen LogP contribution in [0.5, 0.6) is 5.75 Å². The molecule has 3 aromatic carbocycles. The summed E-state index contributed by atoms with van der Waals surface area (Å²) >= 11 is 0. The SMILES string of the molecule is CC(C)[C@H](NC(=O)OCc1ccccc1)C(=O)N[C@H](Cc1ccc(OCc2ccccc2)cc1)C(N)=O. The van der Waals surface area contributed by atoms with Gasteiger partial charge in [0.1, 0.15) is 31.0 Å². The molecule has 0 aliphatic heterocycles. The first-order valence-corrected chi connectivity index (χ1v) is 12.1. The maximum Gasteiger partial charge on any atom is 0.408 e. The van der Waals surface area contributed by atoms with E-state index in [0.29, 0.717) is 12.4 Å². The first kappa shape index (κ1) is 27.3. The van der Waals surface area contributed by atoms with Crippen molar-refractivity contribution in [3.8, 4) is 5.75 Å². The van der Waals surface area contributed by atoms with Crippen LogP contribution >= 0.6 is 0 Å². The number of benzene rings is 3. The van der Waals surface area contributed by atoms with Crippen LogP contribution in [0.4, 0.5) is 4.79 Å². The van der Waals surface area contributed by atoms with Crippen molar-refractivity contribution in [2.75, 3.05) is 0 Å². The molecule has 8 nitrogen and oxygen atoms in total. The van der Waals surface area contributed by atoms with Crippen molar-refractivity contribution in [2.24, 2.45) is 11.7 Å². The summed E-state index contributed by atoms with van der Waals surface area (Å²) in [4.78, 5) is 37.4. The second-order valence-electron chi connectivity index (χ2n) is 9.01. The summed E-state index contributed by atoms with van der Waals surface area (Å²) < 4.78 is 11.0. The number of nitrogens with one attached hydrogen (secondary N) is 2. The lowest BCUT2D eigenvalue weighted by atomic mass is 10.0. The molecule has 0 spiro atoms. The lowest BCUT2D eigenvalue weighted by Gasteiger charge is -2.24. The number of hydrogen-bond acceptors (Lipinski definition) is 5. The predicted octanol–water partition coefficient (Wildman–Crippen LogP) is 3.73. The molecule has 8 heteroatoms. The average molecular weight is 504 g/mol. The maximum atomic E-state index is 13.0. The molecule has 194 valence electrons. The molecule has 0 bridgehead atoms. The number of ether oxygens (including phenoxy) is 2. The molecule has 37 heavy (non-hydrogen) atoms. The summed E-state index contributed by atoms with van der Waals surface area (Å²) in [6.07, 6.45) is -0.525. The van der Waals surface area contributed by atoms with Crippen molar-refractivity contribution in [1.29, 1.82) is 0 Å². The molecule has 0 radical (unpaired) electrons. The van der Waals surface area contributed by atoms with Gasteiger partial charge in [-0.25, -0.2) is 4.79 Å². The standard InChI is InChI=1S/C29H33N3O5/c1-20(2)26(32-29(35)37-19-23-11-7-4-8-12-23)28(34)31-25(27(30)33)17-21-13-15-24(16-14-21)36-18-22-9-5-3-6-10-22/h3-16,20,25-26H,17-19H2,1-2H3,(H2,30,33)(H,31,34)(H,32,35)/t25-,26+/m1/s1. The van der Waals surface area contributed by atoms with Crippen molar-refractivity contribution < 1.29 is 23.9 Å². The van der Waals surface area contributed by atoms with Gasteiger partial charge in [0.05, 0.1) is 0 Å². The Balaban J connectivity index is 1.54. The molecular weight excluding hydrogens is 470 g/mol. The van der Waals surface area contributed by atoms with E-state index in [1.165, 1.54) is 0 Å². The van der Waals surface area contributed by atoms with Gasteiger partial charge < -0.3 is 25.8 Å². The van der Waals surface area contributed by atoms with E-state index in [1.54, 1.807) is 26.0 Å². The number of amides is 3. The normalized spacial score (nSPS) is 12.3. The second kappa shape index (κ2) is 13.7. The fourth-order valence-electron chi connectivity index (χ4n) is 3.61. The highest BCUT2D eigenvalue weighted by Crippen LogP contribution is 2.16. The topological polar surface area (TPSA) is 120 Å². The van der Waals surface area contributed by atoms with E-state index in [-0.39, 0.29) is 18.9 Å². The predicted molar refractivity (Wildman–Crippen MR) is 140 cm³/mol. The summed E-state index contributed by atoms with van der Waals surface area (Å²) in [5.41, 5.74) is 8.26. The molecule has 0 saturated carbocycles. The summed E-state index contributed by atoms with van der Waals surface area (Å²) in [5, 5.41) is 5.26. The van der Waals surface area contributed by atoms with E-state index < -0.39 is 30.0 Å². The second-order valence-corrected chi connectivity index (χ2v) is 9.01. The molecule has 3 aromatic rings. The molecule has 0 aliphatic carbocycles. The van der Waals surface area contributed by atoms with Gasteiger partial charge in [-0.15, -0.1) is 0 Å². The van der Waals surface area contributed by atoms with Crippen LogP contribution in [-0.4, -0.2) is 30.0 Å². The number of carbonyl (C=O) groups is 3. The van der Waals surface area contributed by atoms with E-state index in [0.717, 1.165) is 16.7 Å². The van der Waals surface area contributed by atoms with Gasteiger partial charge >= 0.3 is 6.09 Å². The van der Waals surface area contributed by atoms with Crippen LogP contribution in [0.3, 0.4) is 0 Å². The Kier molecular flexibility index (Phi) is 10.1. The fourth-order valence-corrected chi connectivity index (χ4v) is 3.61. The third kappa shape index (κ3) is 9.00. The smallest absolute Gasteiger partial charge is 0.408 e. The highest BCUT2D eigenvalue weighted by atomic mass is 16.5. The first-order valence-electron chi connectivity index (χ1n) is 12.1. The Bertz CT molecular complexity index is 1150. The lowest BCUT2D eigenvalue weighted by molar-refractivity contribution is -0.129. The highest BCUT2D eigenvalue weighted by Gasteiger charge is 2.28. The Labute approximate surface area is 217 Å². The maximum absolute atomic E-state index is 13.0. The van der Waals surface area contributed by atoms with Gasteiger partial charge in [0.2, 0.25) is 11.8 Å². The first-order chi connectivity index (χ1) is 17.8. The summed E-state index contributed by atoms with van der Waals surface area (Å²) in [7, 11) is 0. The van der Waals surface area contributed by atoms with E-state index >= 15 is 0 Å². The van der Waals surface area contributed by atoms with Gasteiger partial charge in [-0.1, -0.05) is 86.6 Å². The molecular formula is C29H33N3O5. The third-order valence-corrected chi connectivity index (χ3v) is 5.71. The number of rotatable bonds is 12. The van der Waals surface area contributed by atoms with E-state index in [4.69, 9.17) is 15.2 Å². The third-order valence-electron chi connectivity index (χ3n) is 5.71. The van der Waals surface area contributed by atoms with Crippen molar-refractivity contribution in [3.05, 3.63) is 102 Å². The molecule has 2 atom stereocenters. The lowest BCUT2D eigenvalue weighted by Crippen LogP contribution is -2.55. The van der Waals surface area contributed by atoms with E-state index in [2.05, 4.69) is 10.6 Å². The van der Waals surface area contributed by atoms with Crippen LogP contribution in [-0.2, 0) is 34.0 Å². The van der Waals surface area contributed by atoms with Gasteiger partial charge in [-0.3, -0.25) is 9.59 Å². The van der Waals surface area contributed by atoms with Crippen molar-refractivity contribution in [1.82, 2.24) is 10.6 Å². The average Bonchev–Trinajstić information content (AvgIpc) is 2.90. The molecule has 0 aliphatic rings. The number of primary amides is 1. The summed E-state index contributed by atoms with van der Waals surface area (Å²) in [5.74, 6) is -0.755. The number of nitrogens with two attached hydrogens (primary N) is 1. The van der Waals surface area contributed by atoms with Gasteiger partial charge in [-0.2, -0.15) is 0 Å². The van der Waals surface area contributed by atoms with Gasteiger partial charge in [0.15, 0.2) is 0 Å². The number of carbonyl (C=O) groups excluding carboxylic acids is 3. The number of hydrogen-bond donors (Lipinski definition) is 3. The van der Waals surface area contributed by atoms with E-state index in [9.17, 15) is 14.4 Å². The van der Waals surface area contributed by atoms with Crippen molar-refractivity contribution >= 4 is 17.9 Å². The molecule has 3 amide bonds. The minimum Gasteiger partial charge on any atom is -0.489 e. The molecule has 4 N–H and O–H groups in total. The zero-order valence-corrected chi connectivity index (χ0v) is 21.1. The van der Waals surface area contributed by atoms with Gasteiger partial charge in [-0.05, 0) is 34.7 Å². The Morgan fingerprint density at radius 1 is 0.757 bits per heavy atom. The van der Waals surface area contributed by atoms with Gasteiger partial charge in [0, 0.05) is 6.42 Å². The molecule has 0 unspecified atom stereocenters. The van der Waals surface area contributed by atoms with Crippen LogP contribution in [0.15, 0.2) is 84.9 Å². The van der Waals surface area contributed by atoms with E-state index in [1.807, 2.05) is 72.8 Å². The highest BCUT2D eigenvalue weighted by molar-refractivity contribution is 5.91. The Morgan fingerprint density at radius 2 is 1.32 bits per heavy atom. The summed E-state index contributed by atoms with van der Waals surface area (Å²) in [6.45, 7) is 4.09. The minimum absolute atomic E-state index is 0.0775. The monoisotopic (exact) mass is 503 g/mol. The molecule has 0 saturated heterocycles. The minimum atomic E-state index is -0.952.